The third-order valence-corrected chi connectivity index (χ3v) is 5.25. The highest BCUT2D eigenvalue weighted by molar-refractivity contribution is 7.89. The molecule has 21 heavy (non-hydrogen) atoms. The molecule has 2 aromatic rings. The maximum absolute atomic E-state index is 12.7. The molecule has 2 rings (SSSR count). The molecule has 0 bridgehead atoms. The third-order valence-electron chi connectivity index (χ3n) is 3.37. The fourth-order valence-electron chi connectivity index (χ4n) is 2.21. The second-order valence-electron chi connectivity index (χ2n) is 5.10. The van der Waals surface area contributed by atoms with E-state index in [1.54, 1.807) is 37.4 Å². The molecule has 1 aromatic heterocycles. The van der Waals surface area contributed by atoms with Crippen LogP contribution in [0.3, 0.4) is 0 Å². The first kappa shape index (κ1) is 15.4. The van der Waals surface area contributed by atoms with E-state index in [2.05, 4.69) is 4.98 Å². The van der Waals surface area contributed by atoms with Gasteiger partial charge in [0, 0.05) is 25.2 Å². The molecule has 0 N–H and O–H groups in total. The summed E-state index contributed by atoms with van der Waals surface area (Å²) >= 11 is 0. The predicted molar refractivity (Wildman–Crippen MR) is 81.1 cm³/mol. The maximum Gasteiger partial charge on any atom is 0.243 e. The van der Waals surface area contributed by atoms with Crippen molar-refractivity contribution in [1.29, 1.82) is 5.26 Å². The van der Waals surface area contributed by atoms with Gasteiger partial charge in [-0.2, -0.15) is 9.57 Å². The number of aromatic nitrogens is 1. The Hall–Kier alpha value is -1.97. The average Bonchev–Trinajstić information content (AvgIpc) is 2.47. The van der Waals surface area contributed by atoms with Crippen molar-refractivity contribution < 1.29 is 8.42 Å². The Labute approximate surface area is 124 Å². The normalized spacial score (nSPS) is 13.3. The van der Waals surface area contributed by atoms with E-state index < -0.39 is 10.0 Å². The molecule has 1 unspecified atom stereocenters. The number of fused-ring (bicyclic) bond motifs is 1. The molecule has 0 saturated heterocycles. The van der Waals surface area contributed by atoms with E-state index in [9.17, 15) is 8.42 Å². The fourth-order valence-corrected chi connectivity index (χ4v) is 3.64. The van der Waals surface area contributed by atoms with Gasteiger partial charge < -0.3 is 0 Å². The van der Waals surface area contributed by atoms with Crippen LogP contribution in [0.4, 0.5) is 0 Å². The van der Waals surface area contributed by atoms with Crippen LogP contribution in [-0.4, -0.2) is 31.3 Å². The quantitative estimate of drug-likeness (QED) is 0.868. The van der Waals surface area contributed by atoms with Gasteiger partial charge in [0.25, 0.3) is 0 Å². The summed E-state index contributed by atoms with van der Waals surface area (Å²) in [5.41, 5.74) is 1.61. The second-order valence-corrected chi connectivity index (χ2v) is 7.11. The largest absolute Gasteiger partial charge is 0.256 e. The summed E-state index contributed by atoms with van der Waals surface area (Å²) in [6.07, 6.45) is 1.65. The first-order valence-corrected chi connectivity index (χ1v) is 8.02. The van der Waals surface area contributed by atoms with Crippen molar-refractivity contribution in [2.24, 2.45) is 5.92 Å². The van der Waals surface area contributed by atoms with E-state index in [-0.39, 0.29) is 17.4 Å². The van der Waals surface area contributed by atoms with Crippen molar-refractivity contribution in [3.63, 3.8) is 0 Å². The summed E-state index contributed by atoms with van der Waals surface area (Å²) in [6, 6.07) is 8.88. The Balaban J connectivity index is 2.56. The van der Waals surface area contributed by atoms with Gasteiger partial charge in [-0.05, 0) is 37.6 Å². The van der Waals surface area contributed by atoms with Crippen LogP contribution in [0.1, 0.15) is 12.5 Å². The molecule has 0 fully saturated rings. The van der Waals surface area contributed by atoms with Gasteiger partial charge in [0.2, 0.25) is 10.0 Å². The van der Waals surface area contributed by atoms with Crippen molar-refractivity contribution in [2.75, 3.05) is 13.6 Å². The lowest BCUT2D eigenvalue weighted by Crippen LogP contribution is -2.31. The molecule has 110 valence electrons. The van der Waals surface area contributed by atoms with Crippen LogP contribution in [-0.2, 0) is 10.0 Å². The fraction of sp³-hybridized carbons (Fsp3) is 0.333. The van der Waals surface area contributed by atoms with E-state index in [0.29, 0.717) is 10.9 Å². The van der Waals surface area contributed by atoms with Gasteiger partial charge in [-0.25, -0.2) is 8.42 Å². The number of nitriles is 1. The Morgan fingerprint density at radius 2 is 2.10 bits per heavy atom. The number of nitrogens with zero attached hydrogens (tertiary/aromatic N) is 3. The van der Waals surface area contributed by atoms with Crippen molar-refractivity contribution >= 4 is 20.9 Å². The molecule has 1 atom stereocenters. The smallest absolute Gasteiger partial charge is 0.243 e. The van der Waals surface area contributed by atoms with Gasteiger partial charge in [0.05, 0.1) is 22.4 Å². The first-order chi connectivity index (χ1) is 9.87. The summed E-state index contributed by atoms with van der Waals surface area (Å²) in [4.78, 5) is 4.48. The summed E-state index contributed by atoms with van der Waals surface area (Å²) in [5.74, 6) is -0.361. The minimum absolute atomic E-state index is 0.161. The first-order valence-electron chi connectivity index (χ1n) is 6.58. The lowest BCUT2D eigenvalue weighted by atomic mass is 10.1. The van der Waals surface area contributed by atoms with Crippen molar-refractivity contribution in [2.45, 2.75) is 18.7 Å². The van der Waals surface area contributed by atoms with Crippen molar-refractivity contribution in [3.05, 3.63) is 36.0 Å². The molecule has 1 aromatic carbocycles. The number of pyridine rings is 1. The van der Waals surface area contributed by atoms with Gasteiger partial charge in [-0.15, -0.1) is 0 Å². The molecule has 5 nitrogen and oxygen atoms in total. The van der Waals surface area contributed by atoms with Crippen molar-refractivity contribution in [1.82, 2.24) is 9.29 Å². The molecule has 0 saturated carbocycles. The highest BCUT2D eigenvalue weighted by Crippen LogP contribution is 2.26. The van der Waals surface area contributed by atoms with Crippen LogP contribution in [0.15, 0.2) is 35.4 Å². The summed E-state index contributed by atoms with van der Waals surface area (Å²) in [5, 5.41) is 9.45. The van der Waals surface area contributed by atoms with Gasteiger partial charge in [-0.1, -0.05) is 6.07 Å². The van der Waals surface area contributed by atoms with Crippen LogP contribution >= 0.6 is 0 Å². The number of sulfonamides is 1. The molecule has 0 radical (unpaired) electrons. The summed E-state index contributed by atoms with van der Waals surface area (Å²) in [7, 11) is -2.15. The van der Waals surface area contributed by atoms with Crippen LogP contribution < -0.4 is 0 Å². The van der Waals surface area contributed by atoms with Gasteiger partial charge in [-0.3, -0.25) is 4.98 Å². The Morgan fingerprint density at radius 1 is 1.38 bits per heavy atom. The lowest BCUT2D eigenvalue weighted by Gasteiger charge is -2.19. The summed E-state index contributed by atoms with van der Waals surface area (Å²) < 4.78 is 26.6. The molecule has 0 amide bonds. The van der Waals surface area contributed by atoms with Crippen molar-refractivity contribution in [3.8, 4) is 6.07 Å². The van der Waals surface area contributed by atoms with Crippen LogP contribution in [0.2, 0.25) is 0 Å². The number of aryl methyl sites for hydroxylation is 1. The number of benzene rings is 1. The topological polar surface area (TPSA) is 74.1 Å². The molecule has 1 heterocycles. The predicted octanol–water partition coefficient (Wildman–Crippen LogP) is 2.32. The van der Waals surface area contributed by atoms with E-state index in [0.717, 1.165) is 5.56 Å². The monoisotopic (exact) mass is 303 g/mol. The van der Waals surface area contributed by atoms with Gasteiger partial charge in [0.1, 0.15) is 0 Å². The van der Waals surface area contributed by atoms with Gasteiger partial charge in [0.15, 0.2) is 0 Å². The highest BCUT2D eigenvalue weighted by Gasteiger charge is 2.24. The zero-order chi connectivity index (χ0) is 15.6. The van der Waals surface area contributed by atoms with Gasteiger partial charge >= 0.3 is 0 Å². The summed E-state index contributed by atoms with van der Waals surface area (Å²) in [6.45, 7) is 3.75. The number of hydrogen-bond donors (Lipinski definition) is 0. The standard InChI is InChI=1S/C15H17N3O2S/c1-11(9-16)10-18(3)21(19,20)14-7-6-12(2)15-13(14)5-4-8-17-15/h4-8,11H,10H2,1-3H3. The molecule has 6 heteroatoms. The average molecular weight is 303 g/mol. The van der Waals surface area contributed by atoms with E-state index in [1.807, 2.05) is 13.0 Å². The maximum atomic E-state index is 12.7. The SMILES string of the molecule is Cc1ccc(S(=O)(=O)N(C)CC(C)C#N)c2cccnc12. The highest BCUT2D eigenvalue weighted by atomic mass is 32.2. The molecular weight excluding hydrogens is 286 g/mol. The zero-order valence-electron chi connectivity index (χ0n) is 12.2. The molecule has 0 spiro atoms. The molecule has 0 aliphatic heterocycles. The Bertz CT molecular complexity index is 809. The lowest BCUT2D eigenvalue weighted by molar-refractivity contribution is 0.439. The second kappa shape index (κ2) is 5.80. The Morgan fingerprint density at radius 3 is 2.76 bits per heavy atom. The van der Waals surface area contributed by atoms with E-state index >= 15 is 0 Å². The van der Waals surface area contributed by atoms with E-state index in [1.165, 1.54) is 11.4 Å². The minimum atomic E-state index is -3.65. The molecular formula is C15H17N3O2S. The number of rotatable bonds is 4. The minimum Gasteiger partial charge on any atom is -0.256 e. The van der Waals surface area contributed by atoms with Crippen LogP contribution in [0.5, 0.6) is 0 Å². The molecule has 0 aliphatic carbocycles. The van der Waals surface area contributed by atoms with Crippen LogP contribution in [0.25, 0.3) is 10.9 Å². The van der Waals surface area contributed by atoms with Crippen LogP contribution in [0, 0.1) is 24.2 Å². The van der Waals surface area contributed by atoms with E-state index in [4.69, 9.17) is 5.26 Å². The zero-order valence-corrected chi connectivity index (χ0v) is 13.1. The number of hydrogen-bond acceptors (Lipinski definition) is 4. The third kappa shape index (κ3) is 2.89. The Kier molecular flexibility index (Phi) is 4.26. The molecule has 0 aliphatic rings.